The minimum atomic E-state index is -0.0452. The van der Waals surface area contributed by atoms with Crippen LogP contribution in [0.15, 0.2) is 30.5 Å². The highest BCUT2D eigenvalue weighted by molar-refractivity contribution is 5.91. The van der Waals surface area contributed by atoms with Crippen molar-refractivity contribution in [2.45, 2.75) is 52.0 Å². The number of hydrogen-bond donors (Lipinski definition) is 1. The average molecular weight is 383 g/mol. The molecule has 2 fully saturated rings. The molecule has 1 aromatic heterocycles. The number of carbonyl (C=O) groups is 1. The number of rotatable bonds is 6. The lowest BCUT2D eigenvalue weighted by molar-refractivity contribution is 0.220. The number of anilines is 1. The first kappa shape index (κ1) is 18.8. The second-order valence-corrected chi connectivity index (χ2v) is 7.96. The zero-order valence-corrected chi connectivity index (χ0v) is 16.9. The Morgan fingerprint density at radius 3 is 2.86 bits per heavy atom. The van der Waals surface area contributed by atoms with Crippen molar-refractivity contribution < 1.29 is 9.53 Å². The molecular weight excluding hydrogens is 352 g/mol. The quantitative estimate of drug-likeness (QED) is 0.805. The Kier molecular flexibility index (Phi) is 5.55. The van der Waals surface area contributed by atoms with Gasteiger partial charge in [-0.15, -0.1) is 0 Å². The number of benzene rings is 1. The molecule has 1 saturated heterocycles. The van der Waals surface area contributed by atoms with Gasteiger partial charge in [0.05, 0.1) is 12.3 Å². The number of nitrogens with zero attached hydrogens (tertiary/aromatic N) is 3. The lowest BCUT2D eigenvalue weighted by Crippen LogP contribution is -2.33. The topological polar surface area (TPSA) is 59.4 Å². The molecule has 1 aromatic carbocycles. The van der Waals surface area contributed by atoms with Crippen molar-refractivity contribution in [2.75, 3.05) is 25.0 Å². The summed E-state index contributed by atoms with van der Waals surface area (Å²) in [7, 11) is 0. The third-order valence-corrected chi connectivity index (χ3v) is 6.00. The van der Waals surface area contributed by atoms with Crippen LogP contribution < -0.4 is 10.1 Å². The van der Waals surface area contributed by atoms with E-state index in [0.29, 0.717) is 24.2 Å². The summed E-state index contributed by atoms with van der Waals surface area (Å²) in [6.45, 7) is 7.19. The fraction of sp³-hybridized carbons (Fsp3) is 0.545. The summed E-state index contributed by atoms with van der Waals surface area (Å²) in [4.78, 5) is 19.3. The second kappa shape index (κ2) is 8.25. The first-order chi connectivity index (χ1) is 13.7. The van der Waals surface area contributed by atoms with E-state index >= 15 is 0 Å². The molecule has 28 heavy (non-hydrogen) atoms. The van der Waals surface area contributed by atoms with Gasteiger partial charge in [0.25, 0.3) is 0 Å². The van der Waals surface area contributed by atoms with E-state index in [1.54, 1.807) is 0 Å². The molecule has 0 unspecified atom stereocenters. The van der Waals surface area contributed by atoms with Crippen molar-refractivity contribution in [1.82, 2.24) is 14.5 Å². The number of imidazole rings is 1. The molecule has 0 bridgehead atoms. The van der Waals surface area contributed by atoms with Crippen LogP contribution in [-0.4, -0.2) is 40.2 Å². The van der Waals surface area contributed by atoms with E-state index in [2.05, 4.69) is 21.8 Å². The number of likely N-dealkylation sites (tertiary alicyclic amines) is 1. The maximum Gasteiger partial charge on any atom is 0.321 e. The third kappa shape index (κ3) is 3.86. The second-order valence-electron chi connectivity index (χ2n) is 7.96. The van der Waals surface area contributed by atoms with E-state index in [1.807, 2.05) is 42.3 Å². The van der Waals surface area contributed by atoms with Gasteiger partial charge in [-0.1, -0.05) is 18.6 Å². The smallest absolute Gasteiger partial charge is 0.321 e. The number of carbonyl (C=O) groups excluding carboxylic acids is 1. The van der Waals surface area contributed by atoms with Gasteiger partial charge >= 0.3 is 6.03 Å². The Hall–Kier alpha value is -2.50. The summed E-state index contributed by atoms with van der Waals surface area (Å²) in [5, 5.41) is 3.02. The molecule has 0 spiro atoms. The molecule has 1 atom stereocenters. The van der Waals surface area contributed by atoms with Crippen molar-refractivity contribution in [3.05, 3.63) is 42.0 Å². The Bertz CT molecular complexity index is 828. The summed E-state index contributed by atoms with van der Waals surface area (Å²) in [5.74, 6) is 3.06. The average Bonchev–Trinajstić information content (AvgIpc) is 3.25. The largest absolute Gasteiger partial charge is 0.492 e. The van der Waals surface area contributed by atoms with Crippen LogP contribution in [0.1, 0.15) is 50.0 Å². The number of aromatic nitrogens is 2. The van der Waals surface area contributed by atoms with Crippen molar-refractivity contribution in [3.8, 4) is 5.75 Å². The van der Waals surface area contributed by atoms with Crippen LogP contribution in [0, 0.1) is 12.8 Å². The Balaban J connectivity index is 1.37. The van der Waals surface area contributed by atoms with Gasteiger partial charge in [-0.3, -0.25) is 0 Å². The highest BCUT2D eigenvalue weighted by Crippen LogP contribution is 2.36. The van der Waals surface area contributed by atoms with Crippen LogP contribution in [-0.2, 0) is 6.54 Å². The summed E-state index contributed by atoms with van der Waals surface area (Å²) < 4.78 is 8.00. The summed E-state index contributed by atoms with van der Waals surface area (Å²) in [5.41, 5.74) is 1.96. The van der Waals surface area contributed by atoms with Gasteiger partial charge in [-0.2, -0.15) is 0 Å². The first-order valence-corrected chi connectivity index (χ1v) is 10.5. The standard InChI is InChI=1S/C22H30N4O2/c1-3-28-20-10-5-4-9-19(20)24-22(27)25-12-11-17(14-25)15-26-16(2)13-23-21(26)18-7-6-8-18/h4-5,9-10,13,17-18H,3,6-8,11-12,14-15H2,1-2H3,(H,24,27)/t17-/m0/s1. The summed E-state index contributed by atoms with van der Waals surface area (Å²) in [6.07, 6.45) is 6.86. The van der Waals surface area contributed by atoms with E-state index in [-0.39, 0.29) is 6.03 Å². The maximum atomic E-state index is 12.8. The van der Waals surface area contributed by atoms with Crippen LogP contribution in [0.3, 0.4) is 0 Å². The van der Waals surface area contributed by atoms with Gasteiger partial charge in [0.1, 0.15) is 11.6 Å². The monoisotopic (exact) mass is 382 g/mol. The predicted octanol–water partition coefficient (Wildman–Crippen LogP) is 4.41. The number of nitrogens with one attached hydrogen (secondary N) is 1. The Morgan fingerprint density at radius 2 is 2.11 bits per heavy atom. The molecule has 4 rings (SSSR count). The minimum absolute atomic E-state index is 0.0452. The van der Waals surface area contributed by atoms with E-state index in [9.17, 15) is 4.79 Å². The van der Waals surface area contributed by atoms with E-state index in [4.69, 9.17) is 4.74 Å². The first-order valence-electron chi connectivity index (χ1n) is 10.5. The molecule has 2 amide bonds. The van der Waals surface area contributed by atoms with Gasteiger partial charge in [-0.25, -0.2) is 9.78 Å². The van der Waals surface area contributed by atoms with E-state index < -0.39 is 0 Å². The molecule has 0 radical (unpaired) electrons. The normalized spacial score (nSPS) is 19.5. The molecule has 150 valence electrons. The molecule has 2 aliphatic rings. The molecular formula is C22H30N4O2. The van der Waals surface area contributed by atoms with Crippen LogP contribution >= 0.6 is 0 Å². The highest BCUT2D eigenvalue weighted by atomic mass is 16.5. The molecule has 2 heterocycles. The van der Waals surface area contributed by atoms with Gasteiger partial charge in [0, 0.05) is 37.4 Å². The van der Waals surface area contributed by atoms with Crippen molar-refractivity contribution in [1.29, 1.82) is 0 Å². The lowest BCUT2D eigenvalue weighted by atomic mass is 9.84. The number of hydrogen-bond acceptors (Lipinski definition) is 3. The van der Waals surface area contributed by atoms with Gasteiger partial charge in [-0.05, 0) is 51.2 Å². The third-order valence-electron chi connectivity index (χ3n) is 6.00. The highest BCUT2D eigenvalue weighted by Gasteiger charge is 2.30. The molecule has 2 aromatic rings. The number of urea groups is 1. The molecule has 1 aliphatic heterocycles. The van der Waals surface area contributed by atoms with Crippen LogP contribution in [0.5, 0.6) is 5.75 Å². The summed E-state index contributed by atoms with van der Waals surface area (Å²) in [6, 6.07) is 7.55. The maximum absolute atomic E-state index is 12.8. The fourth-order valence-corrected chi connectivity index (χ4v) is 4.18. The Morgan fingerprint density at radius 1 is 1.29 bits per heavy atom. The molecule has 6 heteroatoms. The van der Waals surface area contributed by atoms with E-state index in [1.165, 1.54) is 30.8 Å². The van der Waals surface area contributed by atoms with Gasteiger partial charge < -0.3 is 19.5 Å². The zero-order chi connectivity index (χ0) is 19.5. The molecule has 1 aliphatic carbocycles. The molecule has 1 N–H and O–H groups in total. The minimum Gasteiger partial charge on any atom is -0.492 e. The van der Waals surface area contributed by atoms with Crippen LogP contribution in [0.25, 0.3) is 0 Å². The molecule has 1 saturated carbocycles. The predicted molar refractivity (Wildman–Crippen MR) is 110 cm³/mol. The zero-order valence-electron chi connectivity index (χ0n) is 16.9. The SMILES string of the molecule is CCOc1ccccc1NC(=O)N1CC[C@H](Cn2c(C)cnc2C2CCC2)C1. The van der Waals surface area contributed by atoms with Crippen LogP contribution in [0.2, 0.25) is 0 Å². The summed E-state index contributed by atoms with van der Waals surface area (Å²) >= 11 is 0. The number of ether oxygens (including phenoxy) is 1. The van der Waals surface area contributed by atoms with E-state index in [0.717, 1.165) is 31.7 Å². The fourth-order valence-electron chi connectivity index (χ4n) is 4.18. The van der Waals surface area contributed by atoms with Gasteiger partial charge in [0.15, 0.2) is 0 Å². The number of aryl methyl sites for hydroxylation is 1. The van der Waals surface area contributed by atoms with Crippen LogP contribution in [0.4, 0.5) is 10.5 Å². The number of para-hydroxylation sites is 2. The number of amides is 2. The van der Waals surface area contributed by atoms with Crippen molar-refractivity contribution in [2.24, 2.45) is 5.92 Å². The van der Waals surface area contributed by atoms with Gasteiger partial charge in [0.2, 0.25) is 0 Å². The lowest BCUT2D eigenvalue weighted by Gasteiger charge is -2.27. The molecule has 6 nitrogen and oxygen atoms in total. The Labute approximate surface area is 166 Å². The van der Waals surface area contributed by atoms with Crippen molar-refractivity contribution in [3.63, 3.8) is 0 Å². The van der Waals surface area contributed by atoms with Crippen molar-refractivity contribution >= 4 is 11.7 Å².